The first-order valence-corrected chi connectivity index (χ1v) is 4.77. The molecule has 4 heteroatoms. The first-order chi connectivity index (χ1) is 7.20. The molecule has 0 aliphatic heterocycles. The van der Waals surface area contributed by atoms with Gasteiger partial charge in [0.1, 0.15) is 0 Å². The zero-order valence-electron chi connectivity index (χ0n) is 9.01. The molecule has 1 aromatic rings. The van der Waals surface area contributed by atoms with Crippen LogP contribution in [0.1, 0.15) is 11.5 Å². The van der Waals surface area contributed by atoms with E-state index in [1.807, 2.05) is 30.3 Å². The summed E-state index contributed by atoms with van der Waals surface area (Å²) in [6.45, 7) is 0.274. The third kappa shape index (κ3) is 2.78. The lowest BCUT2D eigenvalue weighted by atomic mass is 9.98. The molecule has 2 N–H and O–H groups in total. The molecule has 0 fully saturated rings. The number of rotatable bonds is 4. The van der Waals surface area contributed by atoms with Crippen LogP contribution in [0.3, 0.4) is 0 Å². The lowest BCUT2D eigenvalue weighted by molar-refractivity contribution is -0.170. The highest BCUT2D eigenvalue weighted by Crippen LogP contribution is 2.16. The summed E-state index contributed by atoms with van der Waals surface area (Å²) >= 11 is 0. The van der Waals surface area contributed by atoms with Crippen LogP contribution in [0.2, 0.25) is 0 Å². The fourth-order valence-electron chi connectivity index (χ4n) is 1.37. The van der Waals surface area contributed by atoms with Gasteiger partial charge in [-0.05, 0) is 5.56 Å². The van der Waals surface area contributed by atoms with Crippen molar-refractivity contribution in [2.45, 2.75) is 5.92 Å². The number of benzene rings is 1. The van der Waals surface area contributed by atoms with E-state index in [2.05, 4.69) is 0 Å². The highest BCUT2D eigenvalue weighted by Gasteiger charge is 2.22. The minimum absolute atomic E-state index is 0.133. The smallest absolute Gasteiger partial charge is 0.254 e. The van der Waals surface area contributed by atoms with Crippen LogP contribution >= 0.6 is 0 Å². The molecule has 0 aromatic heterocycles. The Morgan fingerprint density at radius 1 is 1.47 bits per heavy atom. The molecule has 0 heterocycles. The molecule has 15 heavy (non-hydrogen) atoms. The zero-order chi connectivity index (χ0) is 11.3. The van der Waals surface area contributed by atoms with Crippen LogP contribution < -0.4 is 5.73 Å². The molecule has 1 unspecified atom stereocenters. The van der Waals surface area contributed by atoms with Gasteiger partial charge in [-0.3, -0.25) is 9.63 Å². The molecule has 1 aromatic carbocycles. The first-order valence-electron chi connectivity index (χ1n) is 4.77. The second kappa shape index (κ2) is 5.48. The third-order valence-corrected chi connectivity index (χ3v) is 2.32. The highest BCUT2D eigenvalue weighted by molar-refractivity contribution is 5.82. The number of hydrogen-bond donors (Lipinski definition) is 1. The number of hydrogen-bond acceptors (Lipinski definition) is 3. The van der Waals surface area contributed by atoms with Crippen molar-refractivity contribution in [3.05, 3.63) is 35.9 Å². The zero-order valence-corrected chi connectivity index (χ0v) is 9.01. The summed E-state index contributed by atoms with van der Waals surface area (Å²) in [7, 11) is 3.03. The van der Waals surface area contributed by atoms with Crippen molar-refractivity contribution in [3.63, 3.8) is 0 Å². The van der Waals surface area contributed by atoms with Crippen molar-refractivity contribution >= 4 is 5.91 Å². The summed E-state index contributed by atoms with van der Waals surface area (Å²) in [5.41, 5.74) is 6.51. The number of carbonyl (C=O) groups is 1. The van der Waals surface area contributed by atoms with E-state index >= 15 is 0 Å². The molecule has 82 valence electrons. The minimum Gasteiger partial charge on any atom is -0.329 e. The Morgan fingerprint density at radius 3 is 2.53 bits per heavy atom. The van der Waals surface area contributed by atoms with Crippen molar-refractivity contribution in [1.82, 2.24) is 5.06 Å². The highest BCUT2D eigenvalue weighted by atomic mass is 16.7. The van der Waals surface area contributed by atoms with E-state index in [1.165, 1.54) is 12.2 Å². The Balaban J connectivity index is 2.85. The number of nitrogens with two attached hydrogens (primary N) is 1. The summed E-state index contributed by atoms with van der Waals surface area (Å²) < 4.78 is 0. The van der Waals surface area contributed by atoms with Crippen molar-refractivity contribution in [1.29, 1.82) is 0 Å². The van der Waals surface area contributed by atoms with E-state index in [9.17, 15) is 4.79 Å². The van der Waals surface area contributed by atoms with Crippen LogP contribution in [-0.2, 0) is 9.63 Å². The van der Waals surface area contributed by atoms with Crippen LogP contribution in [0.4, 0.5) is 0 Å². The van der Waals surface area contributed by atoms with Crippen LogP contribution in [0.25, 0.3) is 0 Å². The van der Waals surface area contributed by atoms with Crippen LogP contribution in [0, 0.1) is 0 Å². The van der Waals surface area contributed by atoms with Crippen molar-refractivity contribution < 1.29 is 9.63 Å². The molecule has 0 spiro atoms. The Bertz CT molecular complexity index is 314. The largest absolute Gasteiger partial charge is 0.329 e. The maximum absolute atomic E-state index is 11.8. The number of amides is 1. The maximum atomic E-state index is 11.8. The monoisotopic (exact) mass is 208 g/mol. The summed E-state index contributed by atoms with van der Waals surface area (Å²) in [6, 6.07) is 9.45. The summed E-state index contributed by atoms with van der Waals surface area (Å²) in [6.07, 6.45) is 0. The van der Waals surface area contributed by atoms with Gasteiger partial charge in [-0.15, -0.1) is 0 Å². The first kappa shape index (κ1) is 11.7. The van der Waals surface area contributed by atoms with E-state index < -0.39 is 0 Å². The molecule has 1 rings (SSSR count). The van der Waals surface area contributed by atoms with Gasteiger partial charge in [-0.1, -0.05) is 30.3 Å². The Hall–Kier alpha value is -1.39. The number of carbonyl (C=O) groups excluding carboxylic acids is 1. The Morgan fingerprint density at radius 2 is 2.07 bits per heavy atom. The summed E-state index contributed by atoms with van der Waals surface area (Å²) in [5, 5.41) is 1.20. The molecule has 4 nitrogen and oxygen atoms in total. The van der Waals surface area contributed by atoms with Gasteiger partial charge in [0.15, 0.2) is 0 Å². The number of hydroxylamine groups is 2. The van der Waals surface area contributed by atoms with Gasteiger partial charge in [-0.2, -0.15) is 0 Å². The lowest BCUT2D eigenvalue weighted by Gasteiger charge is -2.20. The predicted octanol–water partition coefficient (Wildman–Crippen LogP) is 0.749. The normalized spacial score (nSPS) is 12.2. The molecule has 1 amide bonds. The maximum Gasteiger partial charge on any atom is 0.254 e. The van der Waals surface area contributed by atoms with Crippen molar-refractivity contribution in [2.75, 3.05) is 20.7 Å². The summed E-state index contributed by atoms with van der Waals surface area (Å²) in [4.78, 5) is 16.7. The molecule has 0 saturated carbocycles. The molecule has 0 bridgehead atoms. The predicted molar refractivity (Wildman–Crippen MR) is 58.0 cm³/mol. The third-order valence-electron chi connectivity index (χ3n) is 2.32. The second-order valence-electron chi connectivity index (χ2n) is 3.22. The molecule has 0 radical (unpaired) electrons. The van der Waals surface area contributed by atoms with E-state index in [0.717, 1.165) is 5.56 Å². The number of nitrogens with zero attached hydrogens (tertiary/aromatic N) is 1. The quantitative estimate of drug-likeness (QED) is 0.743. The van der Waals surface area contributed by atoms with Crippen LogP contribution in [-0.4, -0.2) is 31.7 Å². The standard InChI is InChI=1S/C11H16N2O2/c1-13(15-2)11(14)10(8-12)9-6-4-3-5-7-9/h3-7,10H,8,12H2,1-2H3. The van der Waals surface area contributed by atoms with Crippen LogP contribution in [0.15, 0.2) is 30.3 Å². The van der Waals surface area contributed by atoms with Gasteiger partial charge in [0.25, 0.3) is 5.91 Å². The van der Waals surface area contributed by atoms with Gasteiger partial charge < -0.3 is 5.73 Å². The van der Waals surface area contributed by atoms with Gasteiger partial charge in [0.2, 0.25) is 0 Å². The van der Waals surface area contributed by atoms with Crippen LogP contribution in [0.5, 0.6) is 0 Å². The van der Waals surface area contributed by atoms with Crippen molar-refractivity contribution in [3.8, 4) is 0 Å². The van der Waals surface area contributed by atoms with Gasteiger partial charge in [0.05, 0.1) is 13.0 Å². The molecule has 0 aliphatic rings. The topological polar surface area (TPSA) is 55.6 Å². The molecule has 0 aliphatic carbocycles. The van der Waals surface area contributed by atoms with Crippen molar-refractivity contribution in [2.24, 2.45) is 5.73 Å². The Kier molecular flexibility index (Phi) is 4.27. The van der Waals surface area contributed by atoms with E-state index in [1.54, 1.807) is 7.05 Å². The average Bonchev–Trinajstić information content (AvgIpc) is 2.30. The SMILES string of the molecule is CON(C)C(=O)C(CN)c1ccccc1. The van der Waals surface area contributed by atoms with E-state index in [0.29, 0.717) is 0 Å². The minimum atomic E-state index is -0.337. The fourth-order valence-corrected chi connectivity index (χ4v) is 1.37. The molecular formula is C11H16N2O2. The van der Waals surface area contributed by atoms with E-state index in [-0.39, 0.29) is 18.4 Å². The lowest BCUT2D eigenvalue weighted by Crippen LogP contribution is -2.34. The molecule has 0 saturated heterocycles. The molecule has 1 atom stereocenters. The number of likely N-dealkylation sites (N-methyl/N-ethyl adjacent to an activating group) is 1. The molecular weight excluding hydrogens is 192 g/mol. The van der Waals surface area contributed by atoms with E-state index in [4.69, 9.17) is 10.6 Å². The fraction of sp³-hybridized carbons (Fsp3) is 0.364. The van der Waals surface area contributed by atoms with Gasteiger partial charge in [0, 0.05) is 13.6 Å². The van der Waals surface area contributed by atoms with Gasteiger partial charge in [-0.25, -0.2) is 5.06 Å². The summed E-state index contributed by atoms with van der Waals surface area (Å²) in [5.74, 6) is -0.470. The second-order valence-corrected chi connectivity index (χ2v) is 3.22. The average molecular weight is 208 g/mol. The Labute approximate surface area is 89.6 Å². The van der Waals surface area contributed by atoms with Gasteiger partial charge >= 0.3 is 0 Å².